The average Bonchev–Trinajstić information content (AvgIpc) is 2.81. The molecule has 0 saturated carbocycles. The number of nitrogen functional groups attached to an aromatic ring is 1. The van der Waals surface area contributed by atoms with Crippen LogP contribution in [0.3, 0.4) is 0 Å². The molecule has 0 amide bonds. The molecule has 0 atom stereocenters. The molecule has 2 rings (SSSR count). The van der Waals surface area contributed by atoms with Crippen LogP contribution in [0.5, 0.6) is 0 Å². The minimum atomic E-state index is -3.31. The van der Waals surface area contributed by atoms with Gasteiger partial charge in [0, 0.05) is 13.1 Å². The number of piperidine rings is 1. The summed E-state index contributed by atoms with van der Waals surface area (Å²) in [6.07, 6.45) is 2.20. The van der Waals surface area contributed by atoms with E-state index < -0.39 is 9.84 Å². The van der Waals surface area contributed by atoms with Crippen molar-refractivity contribution in [2.24, 2.45) is 11.8 Å². The molecule has 1 aromatic rings. The van der Waals surface area contributed by atoms with Crippen molar-refractivity contribution < 1.29 is 8.42 Å². The van der Waals surface area contributed by atoms with Gasteiger partial charge < -0.3 is 10.6 Å². The first-order chi connectivity index (χ1) is 9.36. The number of rotatable bonds is 4. The third-order valence-corrected chi connectivity index (χ3v) is 6.96. The van der Waals surface area contributed by atoms with Crippen LogP contribution in [-0.2, 0) is 9.84 Å². The lowest BCUT2D eigenvalue weighted by atomic mass is 9.87. The van der Waals surface area contributed by atoms with Gasteiger partial charge in [0.1, 0.15) is 9.90 Å². The lowest BCUT2D eigenvalue weighted by Crippen LogP contribution is -2.35. The summed E-state index contributed by atoms with van der Waals surface area (Å²) in [5.74, 6) is 1.62. The minimum absolute atomic E-state index is 0.0606. The summed E-state index contributed by atoms with van der Waals surface area (Å²) < 4.78 is 28.4. The van der Waals surface area contributed by atoms with E-state index in [2.05, 4.69) is 23.1 Å². The second kappa shape index (κ2) is 5.89. The molecule has 5 nitrogen and oxygen atoms in total. The molecule has 7 heteroatoms. The Morgan fingerprint density at radius 3 is 2.50 bits per heavy atom. The number of nitrogens with zero attached hydrogens (tertiary/aromatic N) is 2. The molecule has 0 bridgehead atoms. The fourth-order valence-electron chi connectivity index (χ4n) is 2.69. The van der Waals surface area contributed by atoms with Gasteiger partial charge in [0.2, 0.25) is 0 Å². The summed E-state index contributed by atoms with van der Waals surface area (Å²) in [5.41, 5.74) is 5.78. The highest BCUT2D eigenvalue weighted by Gasteiger charge is 2.30. The van der Waals surface area contributed by atoms with Crippen LogP contribution >= 0.6 is 11.5 Å². The summed E-state index contributed by atoms with van der Waals surface area (Å²) in [5, 5.41) is 0.728. The molecule has 0 spiro atoms. The molecule has 1 fully saturated rings. The second-order valence-corrected chi connectivity index (χ2v) is 8.64. The Kier molecular flexibility index (Phi) is 4.59. The number of aromatic nitrogens is 1. The summed E-state index contributed by atoms with van der Waals surface area (Å²) in [4.78, 5) is 2.38. The van der Waals surface area contributed by atoms with E-state index in [0.717, 1.165) is 36.9 Å². The fourth-order valence-corrected chi connectivity index (χ4v) is 5.05. The zero-order chi connectivity index (χ0) is 14.9. The molecular formula is C13H23N3O2S2. The van der Waals surface area contributed by atoms with Gasteiger partial charge in [0.05, 0.1) is 5.75 Å². The minimum Gasteiger partial charge on any atom is -0.382 e. The summed E-state index contributed by atoms with van der Waals surface area (Å²) in [6.45, 7) is 7.91. The predicted molar refractivity (Wildman–Crippen MR) is 84.0 cm³/mol. The van der Waals surface area contributed by atoms with Crippen molar-refractivity contribution in [3.8, 4) is 0 Å². The Balaban J connectivity index is 2.24. The molecule has 0 radical (unpaired) electrons. The van der Waals surface area contributed by atoms with E-state index in [4.69, 9.17) is 5.73 Å². The van der Waals surface area contributed by atoms with Gasteiger partial charge >= 0.3 is 0 Å². The quantitative estimate of drug-likeness (QED) is 0.922. The number of hydrogen-bond acceptors (Lipinski definition) is 6. The molecule has 2 heterocycles. The lowest BCUT2D eigenvalue weighted by Gasteiger charge is -2.34. The molecule has 20 heavy (non-hydrogen) atoms. The number of nitrogens with two attached hydrogens (primary N) is 1. The van der Waals surface area contributed by atoms with Gasteiger partial charge in [0.25, 0.3) is 0 Å². The Morgan fingerprint density at radius 1 is 1.40 bits per heavy atom. The van der Waals surface area contributed by atoms with Crippen LogP contribution in [0.1, 0.15) is 33.6 Å². The fraction of sp³-hybridized carbons (Fsp3) is 0.769. The summed E-state index contributed by atoms with van der Waals surface area (Å²) in [7, 11) is -3.31. The predicted octanol–water partition coefficient (Wildman–Crippen LogP) is 2.39. The van der Waals surface area contributed by atoms with Crippen molar-refractivity contribution >= 4 is 32.2 Å². The summed E-state index contributed by atoms with van der Waals surface area (Å²) in [6, 6.07) is 0. The molecule has 1 aromatic heterocycles. The maximum absolute atomic E-state index is 12.2. The van der Waals surface area contributed by atoms with Crippen molar-refractivity contribution in [2.45, 2.75) is 38.5 Å². The Hall–Kier alpha value is -0.820. The van der Waals surface area contributed by atoms with E-state index in [1.165, 1.54) is 11.5 Å². The molecule has 2 N–H and O–H groups in total. The highest BCUT2D eigenvalue weighted by atomic mass is 32.2. The van der Waals surface area contributed by atoms with E-state index in [1.807, 2.05) is 0 Å². The number of hydrogen-bond donors (Lipinski definition) is 1. The van der Waals surface area contributed by atoms with Crippen LogP contribution in [0.25, 0.3) is 0 Å². The van der Waals surface area contributed by atoms with E-state index >= 15 is 0 Å². The Labute approximate surface area is 125 Å². The first-order valence-electron chi connectivity index (χ1n) is 7.09. The first kappa shape index (κ1) is 15.6. The van der Waals surface area contributed by atoms with Crippen LogP contribution in [0.4, 0.5) is 10.8 Å². The first-order valence-corrected chi connectivity index (χ1v) is 9.52. The molecule has 0 aliphatic carbocycles. The van der Waals surface area contributed by atoms with Gasteiger partial charge in [-0.2, -0.15) is 4.37 Å². The van der Waals surface area contributed by atoms with Crippen molar-refractivity contribution in [3.05, 3.63) is 0 Å². The SMILES string of the molecule is CCS(=O)(=O)c1c(N)nsc1N1CCC(C(C)C)CC1. The zero-order valence-corrected chi connectivity index (χ0v) is 13.9. The van der Waals surface area contributed by atoms with Gasteiger partial charge in [-0.3, -0.25) is 0 Å². The smallest absolute Gasteiger partial charge is 0.184 e. The topological polar surface area (TPSA) is 76.3 Å². The van der Waals surface area contributed by atoms with Gasteiger partial charge in [0.15, 0.2) is 15.7 Å². The highest BCUT2D eigenvalue weighted by Crippen LogP contribution is 2.38. The largest absolute Gasteiger partial charge is 0.382 e. The number of anilines is 2. The van der Waals surface area contributed by atoms with Crippen LogP contribution in [-0.4, -0.2) is 31.6 Å². The van der Waals surface area contributed by atoms with Crippen molar-refractivity contribution in [2.75, 3.05) is 29.5 Å². The standard InChI is InChI=1S/C13H23N3O2S2/c1-4-20(17,18)11-12(14)15-19-13(11)16-7-5-10(6-8-16)9(2)3/h9-10H,4-8H2,1-3H3,(H2,14,15). The molecule has 0 unspecified atom stereocenters. The second-order valence-electron chi connectivity index (χ2n) is 5.67. The molecule has 114 valence electrons. The van der Waals surface area contributed by atoms with Crippen LogP contribution in [0.2, 0.25) is 0 Å². The normalized spacial score (nSPS) is 17.9. The summed E-state index contributed by atoms with van der Waals surface area (Å²) >= 11 is 1.21. The van der Waals surface area contributed by atoms with E-state index in [0.29, 0.717) is 5.92 Å². The Bertz CT molecular complexity index is 558. The molecule has 1 saturated heterocycles. The molecular weight excluding hydrogens is 294 g/mol. The molecule has 0 aromatic carbocycles. The van der Waals surface area contributed by atoms with E-state index in [9.17, 15) is 8.42 Å². The van der Waals surface area contributed by atoms with Gasteiger partial charge in [-0.25, -0.2) is 8.42 Å². The van der Waals surface area contributed by atoms with Crippen molar-refractivity contribution in [1.82, 2.24) is 4.37 Å². The number of sulfone groups is 1. The van der Waals surface area contributed by atoms with Crippen LogP contribution in [0, 0.1) is 11.8 Å². The zero-order valence-electron chi connectivity index (χ0n) is 12.3. The molecule has 1 aliphatic rings. The highest BCUT2D eigenvalue weighted by molar-refractivity contribution is 7.91. The third-order valence-electron chi connectivity index (χ3n) is 4.12. The third kappa shape index (κ3) is 2.93. The van der Waals surface area contributed by atoms with Crippen LogP contribution < -0.4 is 10.6 Å². The van der Waals surface area contributed by atoms with Crippen molar-refractivity contribution in [3.63, 3.8) is 0 Å². The van der Waals surface area contributed by atoms with Gasteiger partial charge in [-0.1, -0.05) is 20.8 Å². The van der Waals surface area contributed by atoms with Crippen LogP contribution in [0.15, 0.2) is 4.90 Å². The van der Waals surface area contributed by atoms with E-state index in [-0.39, 0.29) is 16.5 Å². The lowest BCUT2D eigenvalue weighted by molar-refractivity contribution is 0.311. The maximum Gasteiger partial charge on any atom is 0.184 e. The Morgan fingerprint density at radius 2 is 2.00 bits per heavy atom. The maximum atomic E-state index is 12.2. The average molecular weight is 317 g/mol. The van der Waals surface area contributed by atoms with Gasteiger partial charge in [-0.05, 0) is 36.2 Å². The van der Waals surface area contributed by atoms with Gasteiger partial charge in [-0.15, -0.1) is 0 Å². The molecule has 1 aliphatic heterocycles. The van der Waals surface area contributed by atoms with Crippen molar-refractivity contribution in [1.29, 1.82) is 0 Å². The monoisotopic (exact) mass is 317 g/mol. The van der Waals surface area contributed by atoms with E-state index in [1.54, 1.807) is 6.92 Å².